The standard InChI is InChI=1S/C22H21FN2O4/c23-18-3-1-2-16(14-18)4-8-21(28)24-10-12-25(13-11-24)22(29)9-6-17-5-7-19(26)15-20(17)27/h1-9,14-15,26-27H,10-13H2/b8-4+,9-6+. The molecule has 1 aliphatic rings. The third-order valence-electron chi connectivity index (χ3n) is 4.59. The van der Waals surface area contributed by atoms with E-state index in [-0.39, 0.29) is 29.1 Å². The zero-order chi connectivity index (χ0) is 20.8. The highest BCUT2D eigenvalue weighted by molar-refractivity contribution is 5.93. The summed E-state index contributed by atoms with van der Waals surface area (Å²) in [6.07, 6.45) is 5.80. The fourth-order valence-electron chi connectivity index (χ4n) is 2.97. The minimum atomic E-state index is -0.361. The van der Waals surface area contributed by atoms with Crippen LogP contribution in [0.5, 0.6) is 11.5 Å². The Hall–Kier alpha value is -3.61. The molecule has 1 aliphatic heterocycles. The first-order valence-electron chi connectivity index (χ1n) is 9.14. The van der Waals surface area contributed by atoms with E-state index in [1.165, 1.54) is 48.6 Å². The molecular formula is C22H21FN2O4. The second-order valence-corrected chi connectivity index (χ2v) is 6.62. The molecule has 150 valence electrons. The molecule has 0 aliphatic carbocycles. The van der Waals surface area contributed by atoms with Crippen LogP contribution in [0.25, 0.3) is 12.2 Å². The molecule has 0 spiro atoms. The van der Waals surface area contributed by atoms with Gasteiger partial charge in [0.2, 0.25) is 11.8 Å². The van der Waals surface area contributed by atoms with Gasteiger partial charge in [-0.2, -0.15) is 0 Å². The molecule has 0 saturated carbocycles. The Morgan fingerprint density at radius 1 is 0.862 bits per heavy atom. The molecule has 7 heteroatoms. The van der Waals surface area contributed by atoms with Gasteiger partial charge in [0, 0.05) is 50.0 Å². The quantitative estimate of drug-likeness (QED) is 0.779. The molecule has 0 unspecified atom stereocenters. The molecule has 0 radical (unpaired) electrons. The number of piperazine rings is 1. The van der Waals surface area contributed by atoms with Gasteiger partial charge in [-0.05, 0) is 42.0 Å². The number of phenolic OH excluding ortho intramolecular Hbond substituents is 2. The van der Waals surface area contributed by atoms with Gasteiger partial charge < -0.3 is 20.0 Å². The molecule has 2 N–H and O–H groups in total. The predicted octanol–water partition coefficient (Wildman–Crippen LogP) is 2.63. The number of aromatic hydroxyl groups is 2. The Balaban J connectivity index is 1.52. The highest BCUT2D eigenvalue weighted by atomic mass is 19.1. The van der Waals surface area contributed by atoms with Gasteiger partial charge in [-0.3, -0.25) is 9.59 Å². The number of hydrogen-bond acceptors (Lipinski definition) is 4. The summed E-state index contributed by atoms with van der Waals surface area (Å²) in [5.74, 6) is -0.945. The fourth-order valence-corrected chi connectivity index (χ4v) is 2.97. The SMILES string of the molecule is O=C(/C=C/c1cccc(F)c1)N1CCN(C(=O)/C=C/c2ccc(O)cc2O)CC1. The third-order valence-corrected chi connectivity index (χ3v) is 4.59. The number of rotatable bonds is 4. The molecule has 0 aromatic heterocycles. The average molecular weight is 396 g/mol. The van der Waals surface area contributed by atoms with Gasteiger partial charge in [0.25, 0.3) is 0 Å². The molecule has 29 heavy (non-hydrogen) atoms. The van der Waals surface area contributed by atoms with Crippen LogP contribution in [-0.4, -0.2) is 58.0 Å². The maximum absolute atomic E-state index is 13.2. The first-order valence-corrected chi connectivity index (χ1v) is 9.14. The molecule has 2 aromatic carbocycles. The van der Waals surface area contributed by atoms with Crippen LogP contribution in [0, 0.1) is 5.82 Å². The van der Waals surface area contributed by atoms with Crippen molar-refractivity contribution in [2.45, 2.75) is 0 Å². The van der Waals surface area contributed by atoms with Crippen molar-refractivity contribution in [2.24, 2.45) is 0 Å². The Bertz CT molecular complexity index is 963. The van der Waals surface area contributed by atoms with Crippen LogP contribution in [0.15, 0.2) is 54.6 Å². The summed E-state index contributed by atoms with van der Waals surface area (Å²) in [5.41, 5.74) is 1.03. The maximum Gasteiger partial charge on any atom is 0.246 e. The maximum atomic E-state index is 13.2. The van der Waals surface area contributed by atoms with Crippen molar-refractivity contribution in [3.8, 4) is 11.5 Å². The zero-order valence-electron chi connectivity index (χ0n) is 15.7. The van der Waals surface area contributed by atoms with Crippen LogP contribution >= 0.6 is 0 Å². The van der Waals surface area contributed by atoms with Gasteiger partial charge in [-0.15, -0.1) is 0 Å². The summed E-state index contributed by atoms with van der Waals surface area (Å²) in [7, 11) is 0. The lowest BCUT2D eigenvalue weighted by atomic mass is 10.1. The van der Waals surface area contributed by atoms with E-state index in [0.29, 0.717) is 37.3 Å². The van der Waals surface area contributed by atoms with E-state index in [1.807, 2.05) is 0 Å². The first-order chi connectivity index (χ1) is 13.9. The van der Waals surface area contributed by atoms with Crippen LogP contribution < -0.4 is 0 Å². The summed E-state index contributed by atoms with van der Waals surface area (Å²) in [6, 6.07) is 10.1. The predicted molar refractivity (Wildman–Crippen MR) is 107 cm³/mol. The number of carbonyl (C=O) groups excluding carboxylic acids is 2. The summed E-state index contributed by atoms with van der Waals surface area (Å²) in [5, 5.41) is 19.0. The molecule has 6 nitrogen and oxygen atoms in total. The second kappa shape index (κ2) is 9.05. The molecular weight excluding hydrogens is 375 g/mol. The lowest BCUT2D eigenvalue weighted by Gasteiger charge is -2.33. The number of carbonyl (C=O) groups is 2. The van der Waals surface area contributed by atoms with Gasteiger partial charge in [-0.25, -0.2) is 4.39 Å². The largest absolute Gasteiger partial charge is 0.508 e. The van der Waals surface area contributed by atoms with Crippen molar-refractivity contribution in [3.05, 3.63) is 71.6 Å². The highest BCUT2D eigenvalue weighted by Crippen LogP contribution is 2.23. The van der Waals surface area contributed by atoms with E-state index in [4.69, 9.17) is 0 Å². The number of hydrogen-bond donors (Lipinski definition) is 2. The van der Waals surface area contributed by atoms with E-state index >= 15 is 0 Å². The van der Waals surface area contributed by atoms with E-state index in [9.17, 15) is 24.2 Å². The van der Waals surface area contributed by atoms with Crippen molar-refractivity contribution in [3.63, 3.8) is 0 Å². The molecule has 1 heterocycles. The molecule has 2 aromatic rings. The first kappa shape index (κ1) is 20.1. The van der Waals surface area contributed by atoms with Crippen molar-refractivity contribution < 1.29 is 24.2 Å². The number of nitrogens with zero attached hydrogens (tertiary/aromatic N) is 2. The van der Waals surface area contributed by atoms with E-state index < -0.39 is 0 Å². The molecule has 3 rings (SSSR count). The number of amides is 2. The van der Waals surface area contributed by atoms with Gasteiger partial charge in [0.05, 0.1) is 0 Å². The summed E-state index contributed by atoms with van der Waals surface area (Å²) < 4.78 is 13.2. The van der Waals surface area contributed by atoms with Gasteiger partial charge in [-0.1, -0.05) is 12.1 Å². The highest BCUT2D eigenvalue weighted by Gasteiger charge is 2.21. The van der Waals surface area contributed by atoms with Crippen LogP contribution in [0.4, 0.5) is 4.39 Å². The normalized spacial score (nSPS) is 14.7. The van der Waals surface area contributed by atoms with Crippen molar-refractivity contribution in [1.82, 2.24) is 9.80 Å². The topological polar surface area (TPSA) is 81.1 Å². The van der Waals surface area contributed by atoms with Crippen molar-refractivity contribution in [2.75, 3.05) is 26.2 Å². The summed E-state index contributed by atoms with van der Waals surface area (Å²) >= 11 is 0. The van der Waals surface area contributed by atoms with Crippen molar-refractivity contribution >= 4 is 24.0 Å². The van der Waals surface area contributed by atoms with Crippen LogP contribution in [0.2, 0.25) is 0 Å². The average Bonchev–Trinajstić information content (AvgIpc) is 2.71. The van der Waals surface area contributed by atoms with Gasteiger partial charge >= 0.3 is 0 Å². The summed E-state index contributed by atoms with van der Waals surface area (Å²) in [6.45, 7) is 1.58. The van der Waals surface area contributed by atoms with Gasteiger partial charge in [0.1, 0.15) is 17.3 Å². The van der Waals surface area contributed by atoms with Crippen LogP contribution in [-0.2, 0) is 9.59 Å². The molecule has 1 fully saturated rings. The zero-order valence-corrected chi connectivity index (χ0v) is 15.7. The smallest absolute Gasteiger partial charge is 0.246 e. The lowest BCUT2D eigenvalue weighted by Crippen LogP contribution is -2.49. The van der Waals surface area contributed by atoms with E-state index in [1.54, 1.807) is 28.0 Å². The third kappa shape index (κ3) is 5.44. The molecule has 1 saturated heterocycles. The Morgan fingerprint density at radius 3 is 2.07 bits per heavy atom. The van der Waals surface area contributed by atoms with Crippen LogP contribution in [0.3, 0.4) is 0 Å². The second-order valence-electron chi connectivity index (χ2n) is 6.62. The minimum absolute atomic E-state index is 0.0572. The molecule has 0 atom stereocenters. The van der Waals surface area contributed by atoms with E-state index in [0.717, 1.165) is 0 Å². The Kier molecular flexibility index (Phi) is 6.29. The van der Waals surface area contributed by atoms with Crippen molar-refractivity contribution in [1.29, 1.82) is 0 Å². The molecule has 2 amide bonds. The summed E-state index contributed by atoms with van der Waals surface area (Å²) in [4.78, 5) is 27.9. The van der Waals surface area contributed by atoms with Crippen LogP contribution in [0.1, 0.15) is 11.1 Å². The molecule has 0 bridgehead atoms. The minimum Gasteiger partial charge on any atom is -0.508 e. The number of benzene rings is 2. The monoisotopic (exact) mass is 396 g/mol. The lowest BCUT2D eigenvalue weighted by molar-refractivity contribution is -0.133. The fraction of sp³-hybridized carbons (Fsp3) is 0.182. The van der Waals surface area contributed by atoms with E-state index in [2.05, 4.69) is 0 Å². The Labute approximate surface area is 167 Å². The van der Waals surface area contributed by atoms with Gasteiger partial charge in [0.15, 0.2) is 0 Å². The Morgan fingerprint density at radius 2 is 1.48 bits per heavy atom. The number of halogens is 1. The number of phenols is 2.